The minimum absolute atomic E-state index is 0.202. The van der Waals surface area contributed by atoms with Crippen LogP contribution in [0.25, 0.3) is 0 Å². The quantitative estimate of drug-likeness (QED) is 0.697. The van der Waals surface area contributed by atoms with Crippen molar-refractivity contribution in [2.75, 3.05) is 26.2 Å². The van der Waals surface area contributed by atoms with E-state index in [4.69, 9.17) is 5.73 Å². The fraction of sp³-hybridized carbons (Fsp3) is 0.917. The van der Waals surface area contributed by atoms with Gasteiger partial charge in [0.25, 0.3) is 0 Å². The van der Waals surface area contributed by atoms with Crippen molar-refractivity contribution in [1.29, 1.82) is 0 Å². The maximum atomic E-state index is 11.8. The molecule has 0 aliphatic heterocycles. The predicted molar refractivity (Wildman–Crippen MR) is 66.1 cm³/mol. The smallest absolute Gasteiger partial charge is 0.236 e. The first-order chi connectivity index (χ1) is 7.72. The van der Waals surface area contributed by atoms with Crippen molar-refractivity contribution in [3.63, 3.8) is 0 Å². The van der Waals surface area contributed by atoms with E-state index >= 15 is 0 Å². The number of nitrogens with two attached hydrogens (primary N) is 1. The third kappa shape index (κ3) is 3.46. The van der Waals surface area contributed by atoms with Gasteiger partial charge in [-0.15, -0.1) is 0 Å². The highest BCUT2D eigenvalue weighted by molar-refractivity contribution is 5.78. The molecule has 0 heterocycles. The lowest BCUT2D eigenvalue weighted by Crippen LogP contribution is -2.43. The number of hydrogen-bond acceptors (Lipinski definition) is 3. The summed E-state index contributed by atoms with van der Waals surface area (Å²) in [6.07, 6.45) is 3.60. The summed E-state index contributed by atoms with van der Waals surface area (Å²) in [5.41, 5.74) is 5.71. The third-order valence-corrected chi connectivity index (χ3v) is 3.59. The van der Waals surface area contributed by atoms with Crippen LogP contribution >= 0.6 is 0 Å². The van der Waals surface area contributed by atoms with Crippen molar-refractivity contribution in [2.45, 2.75) is 39.2 Å². The van der Waals surface area contributed by atoms with Crippen LogP contribution in [0.5, 0.6) is 0 Å². The number of likely N-dealkylation sites (N-methyl/N-ethyl adjacent to an activating group) is 1. The van der Waals surface area contributed by atoms with Crippen LogP contribution < -0.4 is 11.1 Å². The van der Waals surface area contributed by atoms with Gasteiger partial charge in [-0.05, 0) is 39.2 Å². The van der Waals surface area contributed by atoms with Crippen LogP contribution in [-0.4, -0.2) is 43.0 Å². The summed E-state index contributed by atoms with van der Waals surface area (Å²) >= 11 is 0. The van der Waals surface area contributed by atoms with Crippen LogP contribution in [0.1, 0.15) is 33.1 Å². The molecule has 0 radical (unpaired) electrons. The number of rotatable bonds is 6. The van der Waals surface area contributed by atoms with E-state index in [1.165, 1.54) is 12.8 Å². The maximum Gasteiger partial charge on any atom is 0.236 e. The molecule has 0 bridgehead atoms. The van der Waals surface area contributed by atoms with Gasteiger partial charge in [0.1, 0.15) is 0 Å². The molecule has 1 amide bonds. The van der Waals surface area contributed by atoms with Gasteiger partial charge in [0.05, 0.1) is 6.54 Å². The van der Waals surface area contributed by atoms with Crippen molar-refractivity contribution in [3.05, 3.63) is 0 Å². The average molecular weight is 227 g/mol. The molecule has 2 atom stereocenters. The van der Waals surface area contributed by atoms with Crippen molar-refractivity contribution >= 4 is 5.91 Å². The first-order valence-corrected chi connectivity index (χ1v) is 6.44. The fourth-order valence-electron chi connectivity index (χ4n) is 2.49. The standard InChI is InChI=1S/C12H25N3O/c1-3-15(4-2)12(16)9-14-11-7-5-6-10(11)8-13/h10-11,14H,3-9,13H2,1-2H3. The Morgan fingerprint density at radius 2 is 2.06 bits per heavy atom. The summed E-state index contributed by atoms with van der Waals surface area (Å²) in [6, 6.07) is 0.449. The molecule has 0 aromatic rings. The molecule has 4 heteroatoms. The van der Waals surface area contributed by atoms with Crippen LogP contribution in [-0.2, 0) is 4.79 Å². The number of hydrogen-bond donors (Lipinski definition) is 2. The SMILES string of the molecule is CCN(CC)C(=O)CNC1CCCC1CN. The Morgan fingerprint density at radius 1 is 1.38 bits per heavy atom. The molecule has 2 unspecified atom stereocenters. The molecule has 0 saturated heterocycles. The van der Waals surface area contributed by atoms with Gasteiger partial charge in [0, 0.05) is 19.1 Å². The molecule has 1 aliphatic carbocycles. The number of nitrogens with one attached hydrogen (secondary N) is 1. The van der Waals surface area contributed by atoms with Crippen molar-refractivity contribution in [2.24, 2.45) is 11.7 Å². The van der Waals surface area contributed by atoms with Crippen LogP contribution in [0, 0.1) is 5.92 Å². The molecule has 1 rings (SSSR count). The molecule has 0 aromatic carbocycles. The van der Waals surface area contributed by atoms with E-state index in [9.17, 15) is 4.79 Å². The van der Waals surface area contributed by atoms with Crippen molar-refractivity contribution < 1.29 is 4.79 Å². The van der Waals surface area contributed by atoms with E-state index in [1.54, 1.807) is 0 Å². The first kappa shape index (κ1) is 13.5. The highest BCUT2D eigenvalue weighted by Gasteiger charge is 2.26. The molecule has 94 valence electrons. The number of carbonyl (C=O) groups excluding carboxylic acids is 1. The maximum absolute atomic E-state index is 11.8. The zero-order valence-corrected chi connectivity index (χ0v) is 10.5. The summed E-state index contributed by atoms with van der Waals surface area (Å²) < 4.78 is 0. The van der Waals surface area contributed by atoms with Gasteiger partial charge in [0.2, 0.25) is 5.91 Å². The lowest BCUT2D eigenvalue weighted by Gasteiger charge is -2.23. The number of nitrogens with zero attached hydrogens (tertiary/aromatic N) is 1. The summed E-state index contributed by atoms with van der Waals surface area (Å²) in [5.74, 6) is 0.761. The first-order valence-electron chi connectivity index (χ1n) is 6.44. The Bertz CT molecular complexity index is 216. The Hall–Kier alpha value is -0.610. The van der Waals surface area contributed by atoms with E-state index < -0.39 is 0 Å². The molecule has 1 fully saturated rings. The van der Waals surface area contributed by atoms with E-state index in [2.05, 4.69) is 5.32 Å². The van der Waals surface area contributed by atoms with E-state index in [1.807, 2.05) is 18.7 Å². The Kier molecular flexibility index (Phi) is 5.77. The second-order valence-electron chi connectivity index (χ2n) is 4.48. The zero-order chi connectivity index (χ0) is 12.0. The Morgan fingerprint density at radius 3 is 2.62 bits per heavy atom. The van der Waals surface area contributed by atoms with Gasteiger partial charge >= 0.3 is 0 Å². The monoisotopic (exact) mass is 227 g/mol. The minimum Gasteiger partial charge on any atom is -0.342 e. The molecule has 0 aromatic heterocycles. The lowest BCUT2D eigenvalue weighted by atomic mass is 10.0. The minimum atomic E-state index is 0.202. The van der Waals surface area contributed by atoms with Gasteiger partial charge in [-0.1, -0.05) is 6.42 Å². The highest BCUT2D eigenvalue weighted by Crippen LogP contribution is 2.24. The van der Waals surface area contributed by atoms with Crippen molar-refractivity contribution in [3.8, 4) is 0 Å². The molecule has 3 N–H and O–H groups in total. The largest absolute Gasteiger partial charge is 0.342 e. The van der Waals surface area contributed by atoms with Crippen molar-refractivity contribution in [1.82, 2.24) is 10.2 Å². The van der Waals surface area contributed by atoms with Gasteiger partial charge in [-0.3, -0.25) is 4.79 Å². The molecular weight excluding hydrogens is 202 g/mol. The molecular formula is C12H25N3O. The fourth-order valence-corrected chi connectivity index (χ4v) is 2.49. The van der Waals surface area contributed by atoms with E-state index in [0.29, 0.717) is 18.5 Å². The Labute approximate surface area is 98.6 Å². The van der Waals surface area contributed by atoms with E-state index in [0.717, 1.165) is 26.1 Å². The van der Waals surface area contributed by atoms with Crippen LogP contribution in [0.4, 0.5) is 0 Å². The van der Waals surface area contributed by atoms with Gasteiger partial charge in [-0.25, -0.2) is 0 Å². The second-order valence-corrected chi connectivity index (χ2v) is 4.48. The third-order valence-electron chi connectivity index (χ3n) is 3.59. The van der Waals surface area contributed by atoms with Gasteiger partial charge < -0.3 is 16.0 Å². The summed E-state index contributed by atoms with van der Waals surface area (Å²) in [5, 5.41) is 3.36. The molecule has 1 aliphatic rings. The zero-order valence-electron chi connectivity index (χ0n) is 10.5. The van der Waals surface area contributed by atoms with Crippen LogP contribution in [0.15, 0.2) is 0 Å². The number of carbonyl (C=O) groups is 1. The summed E-state index contributed by atoms with van der Waals surface area (Å²) in [6.45, 7) is 6.81. The summed E-state index contributed by atoms with van der Waals surface area (Å²) in [7, 11) is 0. The Balaban J connectivity index is 2.30. The summed E-state index contributed by atoms with van der Waals surface area (Å²) in [4.78, 5) is 13.6. The second kappa shape index (κ2) is 6.86. The molecule has 16 heavy (non-hydrogen) atoms. The molecule has 1 saturated carbocycles. The van der Waals surface area contributed by atoms with Gasteiger partial charge in [-0.2, -0.15) is 0 Å². The number of amides is 1. The average Bonchev–Trinajstić information content (AvgIpc) is 2.75. The normalized spacial score (nSPS) is 24.7. The van der Waals surface area contributed by atoms with Gasteiger partial charge in [0.15, 0.2) is 0 Å². The highest BCUT2D eigenvalue weighted by atomic mass is 16.2. The lowest BCUT2D eigenvalue weighted by molar-refractivity contribution is -0.130. The van der Waals surface area contributed by atoms with Crippen LogP contribution in [0.3, 0.4) is 0 Å². The van der Waals surface area contributed by atoms with Crippen LogP contribution in [0.2, 0.25) is 0 Å². The topological polar surface area (TPSA) is 58.4 Å². The predicted octanol–water partition coefficient (Wildman–Crippen LogP) is 0.572. The van der Waals surface area contributed by atoms with E-state index in [-0.39, 0.29) is 5.91 Å². The molecule has 4 nitrogen and oxygen atoms in total. The molecule has 0 spiro atoms.